The highest BCUT2D eigenvalue weighted by molar-refractivity contribution is 6.06. The zero-order valence-electron chi connectivity index (χ0n) is 13.9. The number of fused-ring (bicyclic) bond motifs is 2. The highest BCUT2D eigenvalue weighted by Gasteiger charge is 2.17. The van der Waals surface area contributed by atoms with E-state index in [0.717, 1.165) is 5.56 Å². The van der Waals surface area contributed by atoms with Gasteiger partial charge in [-0.25, -0.2) is 4.98 Å². The molecule has 0 spiro atoms. The van der Waals surface area contributed by atoms with Crippen LogP contribution in [0.25, 0.3) is 16.7 Å². The van der Waals surface area contributed by atoms with Crippen molar-refractivity contribution in [1.82, 2.24) is 14.0 Å². The van der Waals surface area contributed by atoms with E-state index in [1.807, 2.05) is 37.3 Å². The number of pyridine rings is 1. The van der Waals surface area contributed by atoms with Gasteiger partial charge in [-0.05, 0) is 42.8 Å². The summed E-state index contributed by atoms with van der Waals surface area (Å²) < 4.78 is 3.12. The molecular weight excluding hydrogens is 316 g/mol. The molecule has 0 aliphatic rings. The molecule has 6 heteroatoms. The third-order valence-electron chi connectivity index (χ3n) is 4.22. The Kier molecular flexibility index (Phi) is 3.39. The van der Waals surface area contributed by atoms with E-state index in [0.29, 0.717) is 28.1 Å². The first-order valence-corrected chi connectivity index (χ1v) is 7.89. The molecule has 0 saturated carbocycles. The van der Waals surface area contributed by atoms with Crippen molar-refractivity contribution in [1.29, 1.82) is 0 Å². The maximum atomic E-state index is 12.7. The van der Waals surface area contributed by atoms with Gasteiger partial charge in [-0.3, -0.25) is 14.0 Å². The van der Waals surface area contributed by atoms with Crippen molar-refractivity contribution in [3.63, 3.8) is 0 Å². The van der Waals surface area contributed by atoms with E-state index in [1.165, 1.54) is 4.40 Å². The van der Waals surface area contributed by atoms with Crippen LogP contribution >= 0.6 is 0 Å². The van der Waals surface area contributed by atoms with Crippen LogP contribution in [-0.4, -0.2) is 19.9 Å². The van der Waals surface area contributed by atoms with Crippen LogP contribution in [-0.2, 0) is 7.05 Å². The van der Waals surface area contributed by atoms with Gasteiger partial charge in [0, 0.05) is 18.9 Å². The number of amides is 1. The molecule has 1 N–H and O–H groups in total. The normalized spacial score (nSPS) is 11.1. The molecule has 0 fully saturated rings. The number of nitrogens with one attached hydrogen (secondary N) is 1. The van der Waals surface area contributed by atoms with Crippen molar-refractivity contribution in [2.75, 3.05) is 5.32 Å². The Morgan fingerprint density at radius 2 is 1.96 bits per heavy atom. The van der Waals surface area contributed by atoms with E-state index in [1.54, 1.807) is 36.0 Å². The van der Waals surface area contributed by atoms with Crippen molar-refractivity contribution in [3.8, 4) is 0 Å². The van der Waals surface area contributed by atoms with Gasteiger partial charge in [-0.2, -0.15) is 0 Å². The molecule has 0 radical (unpaired) electrons. The second-order valence-electron chi connectivity index (χ2n) is 6.00. The maximum Gasteiger partial charge on any atom is 0.272 e. The first-order chi connectivity index (χ1) is 12.0. The number of benzene rings is 1. The van der Waals surface area contributed by atoms with Crippen LogP contribution in [0.2, 0.25) is 0 Å². The quantitative estimate of drug-likeness (QED) is 0.614. The summed E-state index contributed by atoms with van der Waals surface area (Å²) in [4.78, 5) is 29.8. The Bertz CT molecular complexity index is 1190. The zero-order chi connectivity index (χ0) is 17.6. The van der Waals surface area contributed by atoms with E-state index in [-0.39, 0.29) is 11.5 Å². The third kappa shape index (κ3) is 2.48. The van der Waals surface area contributed by atoms with Crippen LogP contribution in [0.1, 0.15) is 16.1 Å². The van der Waals surface area contributed by atoms with Crippen molar-refractivity contribution in [2.24, 2.45) is 7.05 Å². The minimum absolute atomic E-state index is 0.189. The van der Waals surface area contributed by atoms with E-state index in [2.05, 4.69) is 10.3 Å². The number of carbonyl (C=O) groups excluding carboxylic acids is 1. The van der Waals surface area contributed by atoms with Gasteiger partial charge in [0.15, 0.2) is 0 Å². The van der Waals surface area contributed by atoms with E-state index in [9.17, 15) is 9.59 Å². The lowest BCUT2D eigenvalue weighted by Gasteiger charge is -2.07. The maximum absolute atomic E-state index is 12.7. The molecular formula is C19H16N4O2. The largest absolute Gasteiger partial charge is 0.324 e. The second kappa shape index (κ2) is 5.59. The first kappa shape index (κ1) is 15.1. The summed E-state index contributed by atoms with van der Waals surface area (Å²) in [5, 5.41) is 3.28. The average molecular weight is 332 g/mol. The third-order valence-corrected chi connectivity index (χ3v) is 4.22. The smallest absolute Gasteiger partial charge is 0.272 e. The summed E-state index contributed by atoms with van der Waals surface area (Å²) in [7, 11) is 1.74. The van der Waals surface area contributed by atoms with Crippen LogP contribution in [0, 0.1) is 6.92 Å². The zero-order valence-corrected chi connectivity index (χ0v) is 13.9. The number of anilines is 1. The Balaban J connectivity index is 1.84. The van der Waals surface area contributed by atoms with Crippen LogP contribution in [0.15, 0.2) is 59.5 Å². The lowest BCUT2D eigenvalue weighted by Crippen LogP contribution is -2.16. The molecule has 0 saturated heterocycles. The van der Waals surface area contributed by atoms with Gasteiger partial charge >= 0.3 is 0 Å². The topological polar surface area (TPSA) is 68.4 Å². The number of hydrogen-bond donors (Lipinski definition) is 1. The molecule has 0 aliphatic carbocycles. The molecule has 124 valence electrons. The van der Waals surface area contributed by atoms with Gasteiger partial charge in [0.2, 0.25) is 0 Å². The average Bonchev–Trinajstić information content (AvgIpc) is 2.93. The number of carbonyl (C=O) groups is 1. The predicted molar refractivity (Wildman–Crippen MR) is 97.1 cm³/mol. The molecule has 1 aromatic carbocycles. The van der Waals surface area contributed by atoms with Crippen molar-refractivity contribution < 1.29 is 4.79 Å². The monoisotopic (exact) mass is 332 g/mol. The SMILES string of the molecule is Cc1cccc(NC(=O)c2cc3c(=O)n4ccccc4nc3n2C)c1. The lowest BCUT2D eigenvalue weighted by atomic mass is 10.2. The van der Waals surface area contributed by atoms with Crippen LogP contribution in [0.4, 0.5) is 5.69 Å². The molecule has 4 rings (SSSR count). The highest BCUT2D eigenvalue weighted by Crippen LogP contribution is 2.17. The Hall–Kier alpha value is -3.41. The minimum atomic E-state index is -0.278. The predicted octanol–water partition coefficient (Wildman–Crippen LogP) is 2.75. The molecule has 0 bridgehead atoms. The van der Waals surface area contributed by atoms with Crippen LogP contribution in [0.3, 0.4) is 0 Å². The number of aryl methyl sites for hydroxylation is 2. The number of rotatable bonds is 2. The van der Waals surface area contributed by atoms with E-state index in [4.69, 9.17) is 0 Å². The fourth-order valence-electron chi connectivity index (χ4n) is 2.96. The number of hydrogen-bond acceptors (Lipinski definition) is 3. The van der Waals surface area contributed by atoms with Gasteiger partial charge in [-0.15, -0.1) is 0 Å². The van der Waals surface area contributed by atoms with E-state index < -0.39 is 0 Å². The molecule has 3 aromatic heterocycles. The fraction of sp³-hybridized carbons (Fsp3) is 0.105. The molecule has 0 aliphatic heterocycles. The molecule has 0 unspecified atom stereocenters. The van der Waals surface area contributed by atoms with Crippen molar-refractivity contribution in [2.45, 2.75) is 6.92 Å². The summed E-state index contributed by atoms with van der Waals surface area (Å²) >= 11 is 0. The minimum Gasteiger partial charge on any atom is -0.324 e. The fourth-order valence-corrected chi connectivity index (χ4v) is 2.96. The summed E-state index contributed by atoms with van der Waals surface area (Å²) in [6.45, 7) is 1.96. The number of nitrogens with zero attached hydrogens (tertiary/aromatic N) is 3. The Morgan fingerprint density at radius 1 is 1.12 bits per heavy atom. The molecule has 4 aromatic rings. The van der Waals surface area contributed by atoms with Gasteiger partial charge < -0.3 is 9.88 Å². The summed E-state index contributed by atoms with van der Waals surface area (Å²) in [5.74, 6) is -0.278. The van der Waals surface area contributed by atoms with Gasteiger partial charge in [0.05, 0.1) is 5.39 Å². The first-order valence-electron chi connectivity index (χ1n) is 7.89. The second-order valence-corrected chi connectivity index (χ2v) is 6.00. The molecule has 1 amide bonds. The van der Waals surface area contributed by atoms with Crippen LogP contribution in [0.5, 0.6) is 0 Å². The molecule has 6 nitrogen and oxygen atoms in total. The van der Waals surface area contributed by atoms with E-state index >= 15 is 0 Å². The summed E-state index contributed by atoms with van der Waals surface area (Å²) in [6.07, 6.45) is 1.67. The summed E-state index contributed by atoms with van der Waals surface area (Å²) in [6, 6.07) is 14.5. The Labute approximate surface area is 143 Å². The number of aromatic nitrogens is 3. The summed E-state index contributed by atoms with van der Waals surface area (Å²) in [5.41, 5.74) is 3.01. The van der Waals surface area contributed by atoms with Gasteiger partial charge in [0.25, 0.3) is 11.5 Å². The van der Waals surface area contributed by atoms with Crippen molar-refractivity contribution in [3.05, 3.63) is 76.3 Å². The molecule has 3 heterocycles. The molecule has 0 atom stereocenters. The molecule has 25 heavy (non-hydrogen) atoms. The van der Waals surface area contributed by atoms with Gasteiger partial charge in [-0.1, -0.05) is 18.2 Å². The highest BCUT2D eigenvalue weighted by atomic mass is 16.2. The lowest BCUT2D eigenvalue weighted by molar-refractivity contribution is 0.101. The van der Waals surface area contributed by atoms with Crippen molar-refractivity contribution >= 4 is 28.3 Å². The van der Waals surface area contributed by atoms with Crippen LogP contribution < -0.4 is 10.9 Å². The standard InChI is InChI=1S/C19H16N4O2/c1-12-6-5-7-13(10-12)20-18(24)15-11-14-17(22(15)2)21-16-8-3-4-9-23(16)19(14)25/h3-11H,1-2H3,(H,20,24). The Morgan fingerprint density at radius 3 is 2.76 bits per heavy atom. The van der Waals surface area contributed by atoms with Gasteiger partial charge in [0.1, 0.15) is 17.0 Å².